The van der Waals surface area contributed by atoms with Crippen LogP contribution in [0.2, 0.25) is 0 Å². The highest BCUT2D eigenvalue weighted by molar-refractivity contribution is 5.75. The van der Waals surface area contributed by atoms with Crippen molar-refractivity contribution in [2.45, 2.75) is 32.2 Å². The van der Waals surface area contributed by atoms with E-state index in [2.05, 4.69) is 15.4 Å². The number of aryl methyl sites for hydroxylation is 1. The van der Waals surface area contributed by atoms with Crippen molar-refractivity contribution in [3.8, 4) is 0 Å². The molecule has 1 aromatic rings. The van der Waals surface area contributed by atoms with Crippen molar-refractivity contribution < 1.29 is 9.90 Å². The van der Waals surface area contributed by atoms with Crippen LogP contribution in [0.1, 0.15) is 25.7 Å². The lowest BCUT2D eigenvalue weighted by molar-refractivity contribution is -0.121. The molecule has 1 heterocycles. The second kappa shape index (κ2) is 6.49. The number of carbonyl (C=O) groups excluding carboxylic acids is 1. The summed E-state index contributed by atoms with van der Waals surface area (Å²) in [6.07, 6.45) is 6.82. The highest BCUT2D eigenvalue weighted by Crippen LogP contribution is 2.30. The molecule has 1 amide bonds. The Labute approximate surface area is 106 Å². The first-order valence-electron chi connectivity index (χ1n) is 6.49. The van der Waals surface area contributed by atoms with Gasteiger partial charge in [-0.3, -0.25) is 9.48 Å². The maximum absolute atomic E-state index is 11.7. The molecule has 1 aromatic heterocycles. The molecule has 1 aliphatic rings. The summed E-state index contributed by atoms with van der Waals surface area (Å²) in [5.41, 5.74) is 0. The lowest BCUT2D eigenvalue weighted by atomic mass is 9.97. The molecule has 2 unspecified atom stereocenters. The van der Waals surface area contributed by atoms with Crippen molar-refractivity contribution in [3.05, 3.63) is 12.7 Å². The van der Waals surface area contributed by atoms with Crippen LogP contribution < -0.4 is 5.32 Å². The quantitative estimate of drug-likeness (QED) is 0.757. The molecular formula is C12H20N4O2. The van der Waals surface area contributed by atoms with Crippen molar-refractivity contribution in [1.82, 2.24) is 20.1 Å². The maximum atomic E-state index is 11.7. The smallest absolute Gasteiger partial charge is 0.221 e. The number of aliphatic hydroxyl groups is 1. The van der Waals surface area contributed by atoms with Gasteiger partial charge >= 0.3 is 0 Å². The molecular weight excluding hydrogens is 232 g/mol. The predicted molar refractivity (Wildman–Crippen MR) is 65.6 cm³/mol. The summed E-state index contributed by atoms with van der Waals surface area (Å²) >= 11 is 0. The van der Waals surface area contributed by atoms with E-state index in [0.717, 1.165) is 19.3 Å². The Kier molecular flexibility index (Phi) is 4.69. The van der Waals surface area contributed by atoms with Gasteiger partial charge in [-0.15, -0.1) is 0 Å². The molecule has 0 radical (unpaired) electrons. The molecule has 1 saturated carbocycles. The van der Waals surface area contributed by atoms with E-state index in [1.165, 1.54) is 6.33 Å². The highest BCUT2D eigenvalue weighted by atomic mass is 16.3. The molecule has 1 aliphatic carbocycles. The van der Waals surface area contributed by atoms with Crippen LogP contribution in [0.3, 0.4) is 0 Å². The SMILES string of the molecule is O=C(CCn1cncn1)NCC1CCCC1CO. The highest BCUT2D eigenvalue weighted by Gasteiger charge is 2.26. The zero-order chi connectivity index (χ0) is 12.8. The molecule has 2 N–H and O–H groups in total. The number of rotatable bonds is 6. The predicted octanol–water partition coefficient (Wildman–Crippen LogP) is 0.193. The minimum atomic E-state index is 0.0362. The third kappa shape index (κ3) is 3.53. The van der Waals surface area contributed by atoms with Crippen molar-refractivity contribution in [2.75, 3.05) is 13.2 Å². The van der Waals surface area contributed by atoms with E-state index >= 15 is 0 Å². The molecule has 6 heteroatoms. The first-order chi connectivity index (χ1) is 8.79. The fraction of sp³-hybridized carbons (Fsp3) is 0.750. The number of amides is 1. The van der Waals surface area contributed by atoms with Gasteiger partial charge in [0.1, 0.15) is 12.7 Å². The maximum Gasteiger partial charge on any atom is 0.221 e. The van der Waals surface area contributed by atoms with Crippen molar-refractivity contribution in [2.24, 2.45) is 11.8 Å². The Bertz CT molecular complexity index is 366. The summed E-state index contributed by atoms with van der Waals surface area (Å²) in [5.74, 6) is 0.833. The van der Waals surface area contributed by atoms with E-state index in [1.54, 1.807) is 11.0 Å². The molecule has 0 saturated heterocycles. The molecule has 18 heavy (non-hydrogen) atoms. The number of hydrogen-bond acceptors (Lipinski definition) is 4. The van der Waals surface area contributed by atoms with E-state index < -0.39 is 0 Å². The van der Waals surface area contributed by atoms with Crippen LogP contribution in [0, 0.1) is 11.8 Å². The molecule has 100 valence electrons. The number of aromatic nitrogens is 3. The van der Waals surface area contributed by atoms with Crippen LogP contribution in [0.15, 0.2) is 12.7 Å². The lowest BCUT2D eigenvalue weighted by Gasteiger charge is -2.17. The van der Waals surface area contributed by atoms with Gasteiger partial charge in [0.15, 0.2) is 0 Å². The van der Waals surface area contributed by atoms with Gasteiger partial charge in [-0.1, -0.05) is 6.42 Å². The molecule has 1 fully saturated rings. The van der Waals surface area contributed by atoms with E-state index in [9.17, 15) is 9.90 Å². The third-order valence-electron chi connectivity index (χ3n) is 3.65. The van der Waals surface area contributed by atoms with E-state index in [0.29, 0.717) is 31.3 Å². The van der Waals surface area contributed by atoms with Crippen molar-refractivity contribution >= 4 is 5.91 Å². The van der Waals surface area contributed by atoms with Gasteiger partial charge in [0.05, 0.1) is 6.54 Å². The number of nitrogens with zero attached hydrogens (tertiary/aromatic N) is 3. The summed E-state index contributed by atoms with van der Waals surface area (Å²) in [6.45, 7) is 1.47. The van der Waals surface area contributed by atoms with Crippen molar-refractivity contribution in [1.29, 1.82) is 0 Å². The first kappa shape index (κ1) is 13.0. The Balaban J connectivity index is 1.65. The van der Waals surface area contributed by atoms with E-state index in [4.69, 9.17) is 0 Å². The monoisotopic (exact) mass is 252 g/mol. The summed E-state index contributed by atoms with van der Waals surface area (Å²) in [6, 6.07) is 0. The topological polar surface area (TPSA) is 80.0 Å². The minimum absolute atomic E-state index is 0.0362. The van der Waals surface area contributed by atoms with Crippen LogP contribution in [-0.2, 0) is 11.3 Å². The molecule has 2 rings (SSSR count). The summed E-state index contributed by atoms with van der Waals surface area (Å²) in [5, 5.41) is 16.1. The van der Waals surface area contributed by atoms with Gasteiger partial charge < -0.3 is 10.4 Å². The fourth-order valence-electron chi connectivity index (χ4n) is 2.52. The van der Waals surface area contributed by atoms with Gasteiger partial charge in [-0.25, -0.2) is 4.98 Å². The second-order valence-electron chi connectivity index (χ2n) is 4.85. The van der Waals surface area contributed by atoms with Gasteiger partial charge in [-0.2, -0.15) is 5.10 Å². The van der Waals surface area contributed by atoms with Crippen LogP contribution in [-0.4, -0.2) is 38.9 Å². The molecule has 0 spiro atoms. The minimum Gasteiger partial charge on any atom is -0.396 e. The second-order valence-corrected chi connectivity index (χ2v) is 4.85. The molecule has 2 atom stereocenters. The van der Waals surface area contributed by atoms with Crippen LogP contribution in [0.4, 0.5) is 0 Å². The van der Waals surface area contributed by atoms with E-state index in [1.807, 2.05) is 0 Å². The standard InChI is InChI=1S/C12H20N4O2/c17-7-11-3-1-2-10(11)6-14-12(18)4-5-16-9-13-8-15-16/h8-11,17H,1-7H2,(H,14,18). The number of hydrogen-bond donors (Lipinski definition) is 2. The van der Waals surface area contributed by atoms with Crippen LogP contribution >= 0.6 is 0 Å². The average molecular weight is 252 g/mol. The Morgan fingerprint density at radius 1 is 1.44 bits per heavy atom. The zero-order valence-corrected chi connectivity index (χ0v) is 10.5. The van der Waals surface area contributed by atoms with Gasteiger partial charge in [0.2, 0.25) is 5.91 Å². The molecule has 0 aliphatic heterocycles. The Morgan fingerprint density at radius 3 is 3.00 bits per heavy atom. The molecule has 0 bridgehead atoms. The van der Waals surface area contributed by atoms with Gasteiger partial charge in [-0.05, 0) is 24.7 Å². The van der Waals surface area contributed by atoms with E-state index in [-0.39, 0.29) is 12.5 Å². The fourth-order valence-corrected chi connectivity index (χ4v) is 2.52. The van der Waals surface area contributed by atoms with Gasteiger partial charge in [0.25, 0.3) is 0 Å². The Morgan fingerprint density at radius 2 is 2.28 bits per heavy atom. The third-order valence-corrected chi connectivity index (χ3v) is 3.65. The lowest BCUT2D eigenvalue weighted by Crippen LogP contribution is -2.32. The largest absolute Gasteiger partial charge is 0.396 e. The molecule has 6 nitrogen and oxygen atoms in total. The zero-order valence-electron chi connectivity index (χ0n) is 10.5. The van der Waals surface area contributed by atoms with Gasteiger partial charge in [0, 0.05) is 19.6 Å². The summed E-state index contributed by atoms with van der Waals surface area (Å²) < 4.78 is 1.64. The van der Waals surface area contributed by atoms with Crippen LogP contribution in [0.5, 0.6) is 0 Å². The normalized spacial score (nSPS) is 23.2. The Hall–Kier alpha value is -1.43. The van der Waals surface area contributed by atoms with Crippen molar-refractivity contribution in [3.63, 3.8) is 0 Å². The summed E-state index contributed by atoms with van der Waals surface area (Å²) in [4.78, 5) is 15.5. The number of carbonyl (C=O) groups is 1. The first-order valence-corrected chi connectivity index (χ1v) is 6.49. The molecule has 0 aromatic carbocycles. The average Bonchev–Trinajstić information content (AvgIpc) is 3.04. The number of aliphatic hydroxyl groups excluding tert-OH is 1. The summed E-state index contributed by atoms with van der Waals surface area (Å²) in [7, 11) is 0. The number of nitrogens with one attached hydrogen (secondary N) is 1. The van der Waals surface area contributed by atoms with Crippen LogP contribution in [0.25, 0.3) is 0 Å².